The summed E-state index contributed by atoms with van der Waals surface area (Å²) in [6.45, 7) is 1.71. The van der Waals surface area contributed by atoms with Gasteiger partial charge >= 0.3 is 0 Å². The maximum absolute atomic E-state index is 13.8. The number of hydrogen-bond donors (Lipinski definition) is 0. The molecule has 4 rings (SSSR count). The van der Waals surface area contributed by atoms with E-state index in [1.807, 2.05) is 0 Å². The van der Waals surface area contributed by atoms with Gasteiger partial charge in [0.2, 0.25) is 5.43 Å². The number of hydrogen-bond acceptors (Lipinski definition) is 3. The molecule has 0 aliphatic carbocycles. The molecule has 146 valence electrons. The molecular weight excluding hydrogens is 398 g/mol. The van der Waals surface area contributed by atoms with Gasteiger partial charge < -0.3 is 9.15 Å². The van der Waals surface area contributed by atoms with E-state index in [0.717, 1.165) is 6.07 Å². The van der Waals surface area contributed by atoms with Crippen molar-refractivity contribution in [2.45, 2.75) is 13.0 Å². The highest BCUT2D eigenvalue weighted by atomic mass is 35.5. The zero-order valence-corrected chi connectivity index (χ0v) is 16.0. The first-order valence-electron chi connectivity index (χ1n) is 8.87. The van der Waals surface area contributed by atoms with E-state index >= 15 is 0 Å². The van der Waals surface area contributed by atoms with Crippen molar-refractivity contribution in [2.75, 3.05) is 0 Å². The summed E-state index contributed by atoms with van der Waals surface area (Å²) >= 11 is 5.90. The van der Waals surface area contributed by atoms with Crippen LogP contribution in [-0.2, 0) is 0 Å². The van der Waals surface area contributed by atoms with Crippen LogP contribution in [0.3, 0.4) is 0 Å². The van der Waals surface area contributed by atoms with E-state index in [9.17, 15) is 13.6 Å². The van der Waals surface area contributed by atoms with E-state index in [1.165, 1.54) is 30.3 Å². The zero-order chi connectivity index (χ0) is 20.5. The molecule has 4 aromatic rings. The van der Waals surface area contributed by atoms with Crippen LogP contribution in [0.15, 0.2) is 75.9 Å². The Bertz CT molecular complexity index is 1250. The predicted octanol–water partition coefficient (Wildman–Crippen LogP) is 6.53. The summed E-state index contributed by atoms with van der Waals surface area (Å²) in [7, 11) is 0. The van der Waals surface area contributed by atoms with Crippen LogP contribution in [-0.4, -0.2) is 0 Å². The average Bonchev–Trinajstić information content (AvgIpc) is 2.70. The fraction of sp³-hybridized carbons (Fsp3) is 0.0870. The van der Waals surface area contributed by atoms with Gasteiger partial charge in [0, 0.05) is 5.02 Å². The molecular formula is C23H15ClF2O3. The van der Waals surface area contributed by atoms with Gasteiger partial charge in [-0.05, 0) is 67.1 Å². The minimum Gasteiger partial charge on any atom is -0.483 e. The molecule has 3 nitrogen and oxygen atoms in total. The van der Waals surface area contributed by atoms with Crippen molar-refractivity contribution < 1.29 is 17.9 Å². The van der Waals surface area contributed by atoms with Crippen molar-refractivity contribution in [2.24, 2.45) is 0 Å². The summed E-state index contributed by atoms with van der Waals surface area (Å²) in [4.78, 5) is 13.2. The maximum atomic E-state index is 13.8. The lowest BCUT2D eigenvalue weighted by Gasteiger charge is -2.18. The number of fused-ring (bicyclic) bond motifs is 1. The Balaban J connectivity index is 1.91. The molecule has 0 amide bonds. The van der Waals surface area contributed by atoms with Gasteiger partial charge in [-0.1, -0.05) is 23.7 Å². The van der Waals surface area contributed by atoms with Crippen LogP contribution in [0.4, 0.5) is 8.78 Å². The molecule has 1 aromatic heterocycles. The SMILES string of the molecule is C[C@@H](Oc1ccc(Cl)cc1)c1oc2ccc(F)cc2c(=O)c1-c1cccc(F)c1. The Morgan fingerprint density at radius 1 is 0.966 bits per heavy atom. The Morgan fingerprint density at radius 3 is 2.41 bits per heavy atom. The number of ether oxygens (including phenoxy) is 1. The second-order valence-electron chi connectivity index (χ2n) is 6.54. The summed E-state index contributed by atoms with van der Waals surface area (Å²) in [5.74, 6) is -0.324. The highest BCUT2D eigenvalue weighted by Crippen LogP contribution is 2.32. The molecule has 0 fully saturated rings. The van der Waals surface area contributed by atoms with Crippen LogP contribution < -0.4 is 10.2 Å². The molecule has 1 atom stereocenters. The molecule has 1 heterocycles. The summed E-state index contributed by atoms with van der Waals surface area (Å²) in [6, 6.07) is 16.0. The maximum Gasteiger partial charge on any atom is 0.201 e. The molecule has 0 aliphatic heterocycles. The number of rotatable bonds is 4. The van der Waals surface area contributed by atoms with Crippen LogP contribution in [0.2, 0.25) is 5.02 Å². The molecule has 0 spiro atoms. The Hall–Kier alpha value is -3.18. The Labute approximate surface area is 170 Å². The average molecular weight is 413 g/mol. The minimum atomic E-state index is -0.684. The van der Waals surface area contributed by atoms with Crippen LogP contribution in [0.5, 0.6) is 5.75 Å². The summed E-state index contributed by atoms with van der Waals surface area (Å²) in [5, 5.41) is 0.636. The zero-order valence-electron chi connectivity index (χ0n) is 15.3. The lowest BCUT2D eigenvalue weighted by Crippen LogP contribution is -2.14. The van der Waals surface area contributed by atoms with Crippen LogP contribution >= 0.6 is 11.6 Å². The van der Waals surface area contributed by atoms with Crippen LogP contribution in [0, 0.1) is 11.6 Å². The predicted molar refractivity (Wildman–Crippen MR) is 108 cm³/mol. The van der Waals surface area contributed by atoms with Gasteiger partial charge in [-0.2, -0.15) is 0 Å². The van der Waals surface area contributed by atoms with Crippen molar-refractivity contribution in [1.29, 1.82) is 0 Å². The van der Waals surface area contributed by atoms with E-state index < -0.39 is 23.2 Å². The first-order chi connectivity index (χ1) is 13.9. The third kappa shape index (κ3) is 3.87. The first-order valence-corrected chi connectivity index (χ1v) is 9.24. The van der Waals surface area contributed by atoms with Crippen molar-refractivity contribution in [3.8, 4) is 16.9 Å². The third-order valence-electron chi connectivity index (χ3n) is 4.49. The standard InChI is InChI=1S/C23H15ClF2O3/c1-13(28-18-8-5-15(24)6-9-18)23-21(14-3-2-4-16(25)11-14)22(27)19-12-17(26)7-10-20(19)29-23/h2-13H,1H3/t13-/m1/s1. The Kier molecular flexibility index (Phi) is 5.07. The van der Waals surface area contributed by atoms with Gasteiger partial charge in [-0.3, -0.25) is 4.79 Å². The van der Waals surface area contributed by atoms with Gasteiger partial charge in [0.15, 0.2) is 11.9 Å². The lowest BCUT2D eigenvalue weighted by atomic mass is 10.00. The molecule has 0 radical (unpaired) electrons. The van der Waals surface area contributed by atoms with Gasteiger partial charge in [0.05, 0.1) is 10.9 Å². The van der Waals surface area contributed by atoms with E-state index in [1.54, 1.807) is 37.3 Å². The molecule has 0 N–H and O–H groups in total. The number of benzene rings is 3. The van der Waals surface area contributed by atoms with Gasteiger partial charge in [-0.15, -0.1) is 0 Å². The highest BCUT2D eigenvalue weighted by molar-refractivity contribution is 6.30. The van der Waals surface area contributed by atoms with Crippen molar-refractivity contribution in [1.82, 2.24) is 0 Å². The van der Waals surface area contributed by atoms with Gasteiger partial charge in [-0.25, -0.2) is 8.78 Å². The molecule has 3 aromatic carbocycles. The van der Waals surface area contributed by atoms with E-state index in [2.05, 4.69) is 0 Å². The quantitative estimate of drug-likeness (QED) is 0.382. The van der Waals surface area contributed by atoms with Crippen LogP contribution in [0.1, 0.15) is 18.8 Å². The molecule has 0 saturated carbocycles. The highest BCUT2D eigenvalue weighted by Gasteiger charge is 2.23. The molecule has 0 bridgehead atoms. The largest absolute Gasteiger partial charge is 0.483 e. The van der Waals surface area contributed by atoms with Gasteiger partial charge in [0.25, 0.3) is 0 Å². The third-order valence-corrected chi connectivity index (χ3v) is 4.74. The molecule has 0 unspecified atom stereocenters. The molecule has 0 saturated heterocycles. The van der Waals surface area contributed by atoms with Crippen molar-refractivity contribution in [3.05, 3.63) is 99.4 Å². The summed E-state index contributed by atoms with van der Waals surface area (Å²) in [5.41, 5.74) is 0.214. The number of halogens is 3. The normalized spacial score (nSPS) is 12.1. The topological polar surface area (TPSA) is 39.4 Å². The molecule has 6 heteroatoms. The minimum absolute atomic E-state index is 0.0757. The van der Waals surface area contributed by atoms with Crippen LogP contribution in [0.25, 0.3) is 22.1 Å². The Morgan fingerprint density at radius 2 is 1.69 bits per heavy atom. The second-order valence-corrected chi connectivity index (χ2v) is 6.97. The smallest absolute Gasteiger partial charge is 0.201 e. The first kappa shape index (κ1) is 19.2. The summed E-state index contributed by atoms with van der Waals surface area (Å²) in [6.07, 6.45) is -0.684. The van der Waals surface area contributed by atoms with E-state index in [0.29, 0.717) is 16.3 Å². The van der Waals surface area contributed by atoms with Crippen molar-refractivity contribution >= 4 is 22.6 Å². The fourth-order valence-corrected chi connectivity index (χ4v) is 3.29. The fourth-order valence-electron chi connectivity index (χ4n) is 3.16. The molecule has 0 aliphatic rings. The second kappa shape index (κ2) is 7.68. The van der Waals surface area contributed by atoms with E-state index in [4.69, 9.17) is 20.8 Å². The molecule has 29 heavy (non-hydrogen) atoms. The van der Waals surface area contributed by atoms with Gasteiger partial charge in [0.1, 0.15) is 23.0 Å². The summed E-state index contributed by atoms with van der Waals surface area (Å²) < 4.78 is 39.4. The van der Waals surface area contributed by atoms with E-state index in [-0.39, 0.29) is 22.3 Å². The lowest BCUT2D eigenvalue weighted by molar-refractivity contribution is 0.197. The van der Waals surface area contributed by atoms with Crippen molar-refractivity contribution in [3.63, 3.8) is 0 Å². The monoisotopic (exact) mass is 412 g/mol.